The number of nitrogens with one attached hydrogen (secondary N) is 1. The minimum Gasteiger partial charge on any atom is -0.493 e. The Balaban J connectivity index is 1.58. The monoisotopic (exact) mass is 356 g/mol. The highest BCUT2D eigenvalue weighted by Crippen LogP contribution is 2.27. The van der Waals surface area contributed by atoms with Crippen molar-refractivity contribution in [2.75, 3.05) is 32.2 Å². The average molecular weight is 356 g/mol. The van der Waals surface area contributed by atoms with Crippen molar-refractivity contribution in [3.05, 3.63) is 42.2 Å². The molecule has 1 atom stereocenters. The molecule has 0 radical (unpaired) electrons. The summed E-state index contributed by atoms with van der Waals surface area (Å²) in [7, 11) is 3.20. The Morgan fingerprint density at radius 1 is 1.23 bits per heavy atom. The molecule has 1 aromatic heterocycles. The third-order valence-electron chi connectivity index (χ3n) is 4.54. The van der Waals surface area contributed by atoms with Crippen LogP contribution in [0.5, 0.6) is 11.5 Å². The fourth-order valence-electron chi connectivity index (χ4n) is 3.15. The number of ether oxygens (including phenoxy) is 2. The molecule has 1 aliphatic rings. The van der Waals surface area contributed by atoms with Gasteiger partial charge in [-0.3, -0.25) is 4.79 Å². The molecule has 0 unspecified atom stereocenters. The van der Waals surface area contributed by atoms with E-state index in [1.807, 2.05) is 18.2 Å². The van der Waals surface area contributed by atoms with Crippen LogP contribution in [0.2, 0.25) is 0 Å². The SMILES string of the molecule is COc1ccc(CNC(=O)[C@@H]2CCCN(c3ncccn3)C2)cc1OC. The highest BCUT2D eigenvalue weighted by Gasteiger charge is 2.26. The molecule has 2 aromatic rings. The minimum atomic E-state index is -0.0623. The topological polar surface area (TPSA) is 76.6 Å². The molecule has 1 amide bonds. The molecule has 0 spiro atoms. The molecule has 138 valence electrons. The van der Waals surface area contributed by atoms with Crippen molar-refractivity contribution in [2.45, 2.75) is 19.4 Å². The van der Waals surface area contributed by atoms with E-state index in [1.165, 1.54) is 0 Å². The van der Waals surface area contributed by atoms with Gasteiger partial charge in [-0.05, 0) is 36.6 Å². The van der Waals surface area contributed by atoms with E-state index in [9.17, 15) is 4.79 Å². The summed E-state index contributed by atoms with van der Waals surface area (Å²) in [5.74, 6) is 2.01. The van der Waals surface area contributed by atoms with Gasteiger partial charge in [0.05, 0.1) is 20.1 Å². The fraction of sp³-hybridized carbons (Fsp3) is 0.421. The van der Waals surface area contributed by atoms with Crippen LogP contribution in [0.4, 0.5) is 5.95 Å². The molecule has 3 rings (SSSR count). The Morgan fingerprint density at radius 2 is 2.00 bits per heavy atom. The van der Waals surface area contributed by atoms with Crippen molar-refractivity contribution >= 4 is 11.9 Å². The van der Waals surface area contributed by atoms with Crippen molar-refractivity contribution in [1.82, 2.24) is 15.3 Å². The van der Waals surface area contributed by atoms with Crippen LogP contribution in [0, 0.1) is 5.92 Å². The largest absolute Gasteiger partial charge is 0.493 e. The number of benzene rings is 1. The standard InChI is InChI=1S/C19H24N4O3/c1-25-16-7-6-14(11-17(16)26-2)12-22-18(24)15-5-3-10-23(13-15)19-20-8-4-9-21-19/h4,6-9,11,15H,3,5,10,12-13H2,1-2H3,(H,22,24)/t15-/m1/s1. The fourth-order valence-corrected chi connectivity index (χ4v) is 3.15. The van der Waals surface area contributed by atoms with Gasteiger partial charge >= 0.3 is 0 Å². The van der Waals surface area contributed by atoms with Gasteiger partial charge in [-0.1, -0.05) is 6.07 Å². The molecular formula is C19H24N4O3. The molecule has 0 aliphatic carbocycles. The molecule has 1 aromatic carbocycles. The number of piperidine rings is 1. The molecule has 1 N–H and O–H groups in total. The van der Waals surface area contributed by atoms with Crippen molar-refractivity contribution in [3.63, 3.8) is 0 Å². The third kappa shape index (κ3) is 4.22. The number of carbonyl (C=O) groups excluding carboxylic acids is 1. The zero-order valence-corrected chi connectivity index (χ0v) is 15.1. The molecule has 0 saturated carbocycles. The lowest BCUT2D eigenvalue weighted by Gasteiger charge is -2.31. The first-order chi connectivity index (χ1) is 12.7. The zero-order chi connectivity index (χ0) is 18.4. The Morgan fingerprint density at radius 3 is 2.73 bits per heavy atom. The molecule has 0 bridgehead atoms. The second-order valence-corrected chi connectivity index (χ2v) is 6.24. The maximum absolute atomic E-state index is 12.6. The van der Waals surface area contributed by atoms with Crippen molar-refractivity contribution < 1.29 is 14.3 Å². The van der Waals surface area contributed by atoms with E-state index >= 15 is 0 Å². The van der Waals surface area contributed by atoms with Gasteiger partial charge in [0, 0.05) is 32.0 Å². The number of nitrogens with zero attached hydrogens (tertiary/aromatic N) is 3. The quantitative estimate of drug-likeness (QED) is 0.853. The van der Waals surface area contributed by atoms with E-state index < -0.39 is 0 Å². The van der Waals surface area contributed by atoms with Crippen molar-refractivity contribution in [2.24, 2.45) is 5.92 Å². The van der Waals surface area contributed by atoms with E-state index in [1.54, 1.807) is 32.7 Å². The average Bonchev–Trinajstić information content (AvgIpc) is 2.72. The number of amides is 1. The van der Waals surface area contributed by atoms with Crippen LogP contribution in [-0.2, 0) is 11.3 Å². The van der Waals surface area contributed by atoms with Crippen LogP contribution in [0.3, 0.4) is 0 Å². The molecule has 1 fully saturated rings. The number of methoxy groups -OCH3 is 2. The number of carbonyl (C=O) groups is 1. The first kappa shape index (κ1) is 18.0. The lowest BCUT2D eigenvalue weighted by molar-refractivity contribution is -0.125. The molecule has 7 nitrogen and oxygen atoms in total. The van der Waals surface area contributed by atoms with Crippen molar-refractivity contribution in [1.29, 1.82) is 0 Å². The smallest absolute Gasteiger partial charge is 0.225 e. The summed E-state index contributed by atoms with van der Waals surface area (Å²) in [6, 6.07) is 7.44. The van der Waals surface area contributed by atoms with Gasteiger partial charge in [0.1, 0.15) is 0 Å². The van der Waals surface area contributed by atoms with Crippen LogP contribution >= 0.6 is 0 Å². The summed E-state index contributed by atoms with van der Waals surface area (Å²) in [5.41, 5.74) is 0.968. The van der Waals surface area contributed by atoms with E-state index in [-0.39, 0.29) is 11.8 Å². The zero-order valence-electron chi connectivity index (χ0n) is 15.1. The second-order valence-electron chi connectivity index (χ2n) is 6.24. The maximum Gasteiger partial charge on any atom is 0.225 e. The summed E-state index contributed by atoms with van der Waals surface area (Å²) in [4.78, 5) is 23.2. The lowest BCUT2D eigenvalue weighted by Crippen LogP contribution is -2.43. The van der Waals surface area contributed by atoms with Crippen LogP contribution in [0.25, 0.3) is 0 Å². The van der Waals surface area contributed by atoms with Gasteiger partial charge in [-0.2, -0.15) is 0 Å². The normalized spacial score (nSPS) is 16.8. The number of aromatic nitrogens is 2. The van der Waals surface area contributed by atoms with E-state index in [4.69, 9.17) is 9.47 Å². The predicted octanol–water partition coefficient (Wildman–Crippen LogP) is 2.03. The number of hydrogen-bond acceptors (Lipinski definition) is 6. The van der Waals surface area contributed by atoms with Crippen molar-refractivity contribution in [3.8, 4) is 11.5 Å². The third-order valence-corrected chi connectivity index (χ3v) is 4.54. The van der Waals surface area contributed by atoms with Gasteiger partial charge in [-0.15, -0.1) is 0 Å². The summed E-state index contributed by atoms with van der Waals surface area (Å²) in [6.07, 6.45) is 5.28. The Hall–Kier alpha value is -2.83. The van der Waals surface area contributed by atoms with Gasteiger partial charge in [0.25, 0.3) is 0 Å². The second kappa shape index (κ2) is 8.51. The molecule has 7 heteroatoms. The number of hydrogen-bond donors (Lipinski definition) is 1. The molecule has 1 aliphatic heterocycles. The Bertz CT molecular complexity index is 739. The highest BCUT2D eigenvalue weighted by molar-refractivity contribution is 5.79. The summed E-state index contributed by atoms with van der Waals surface area (Å²) in [5, 5.41) is 3.03. The maximum atomic E-state index is 12.6. The number of rotatable bonds is 6. The van der Waals surface area contributed by atoms with E-state index in [0.717, 1.165) is 24.9 Å². The van der Waals surface area contributed by atoms with Gasteiger partial charge in [-0.25, -0.2) is 9.97 Å². The van der Waals surface area contributed by atoms with Gasteiger partial charge in [0.2, 0.25) is 11.9 Å². The molecule has 2 heterocycles. The van der Waals surface area contributed by atoms with Crippen LogP contribution in [0.1, 0.15) is 18.4 Å². The van der Waals surface area contributed by atoms with E-state index in [0.29, 0.717) is 30.5 Å². The van der Waals surface area contributed by atoms with Gasteiger partial charge < -0.3 is 19.7 Å². The van der Waals surface area contributed by atoms with Crippen LogP contribution in [-0.4, -0.2) is 43.2 Å². The Kier molecular flexibility index (Phi) is 5.88. The van der Waals surface area contributed by atoms with E-state index in [2.05, 4.69) is 20.2 Å². The summed E-state index contributed by atoms with van der Waals surface area (Å²) in [6.45, 7) is 1.97. The first-order valence-electron chi connectivity index (χ1n) is 8.72. The van der Waals surface area contributed by atoms with Crippen LogP contribution in [0.15, 0.2) is 36.7 Å². The molecule has 1 saturated heterocycles. The molecular weight excluding hydrogens is 332 g/mol. The Labute approximate surface area is 153 Å². The van der Waals surface area contributed by atoms with Gasteiger partial charge in [0.15, 0.2) is 11.5 Å². The molecule has 26 heavy (non-hydrogen) atoms. The number of anilines is 1. The summed E-state index contributed by atoms with van der Waals surface area (Å²) < 4.78 is 10.5. The predicted molar refractivity (Wildman–Crippen MR) is 98.4 cm³/mol. The minimum absolute atomic E-state index is 0.0559. The lowest BCUT2D eigenvalue weighted by atomic mass is 9.97. The summed E-state index contributed by atoms with van der Waals surface area (Å²) >= 11 is 0. The first-order valence-corrected chi connectivity index (χ1v) is 8.72. The highest BCUT2D eigenvalue weighted by atomic mass is 16.5. The van der Waals surface area contributed by atoms with Crippen LogP contribution < -0.4 is 19.7 Å².